The van der Waals surface area contributed by atoms with E-state index in [4.69, 9.17) is 4.74 Å². The van der Waals surface area contributed by atoms with Gasteiger partial charge in [-0.05, 0) is 24.3 Å². The van der Waals surface area contributed by atoms with Crippen LogP contribution in [0, 0.1) is 21.7 Å². The number of halogens is 2. The van der Waals surface area contributed by atoms with Crippen LogP contribution in [-0.4, -0.2) is 35.9 Å². The molecule has 0 aliphatic rings. The smallest absolute Gasteiger partial charge is 0.308 e. The molecule has 2 N–H and O–H groups in total. The van der Waals surface area contributed by atoms with Gasteiger partial charge in [-0.2, -0.15) is 0 Å². The maximum Gasteiger partial charge on any atom is 0.308 e. The number of esters is 1. The normalized spacial score (nSPS) is 10.1. The van der Waals surface area contributed by atoms with Gasteiger partial charge in [0.15, 0.2) is 6.61 Å². The summed E-state index contributed by atoms with van der Waals surface area (Å²) in [4.78, 5) is 45.0. The first-order chi connectivity index (χ1) is 13.8. The summed E-state index contributed by atoms with van der Waals surface area (Å²) in [6.07, 6.45) is -0.278. The third-order valence-electron chi connectivity index (χ3n) is 3.52. The van der Waals surface area contributed by atoms with Crippen LogP contribution in [0.4, 0.5) is 20.2 Å². The Bertz CT molecular complexity index is 934. The number of anilines is 1. The lowest BCUT2D eigenvalue weighted by atomic mass is 10.2. The number of nitro groups is 1. The van der Waals surface area contributed by atoms with Gasteiger partial charge >= 0.3 is 5.97 Å². The zero-order valence-electron chi connectivity index (χ0n) is 14.8. The summed E-state index contributed by atoms with van der Waals surface area (Å²) in [6, 6.07) is 7.51. The molecule has 29 heavy (non-hydrogen) atoms. The van der Waals surface area contributed by atoms with Crippen molar-refractivity contribution in [3.8, 4) is 0 Å². The molecule has 0 atom stereocenters. The highest BCUT2D eigenvalue weighted by atomic mass is 19.1. The number of hydrogen-bond acceptors (Lipinski definition) is 6. The van der Waals surface area contributed by atoms with E-state index in [9.17, 15) is 33.3 Å². The van der Waals surface area contributed by atoms with E-state index in [0.29, 0.717) is 6.07 Å². The number of non-ortho nitro benzene ring substituents is 1. The molecule has 0 saturated heterocycles. The molecular formula is C18H15F2N3O6. The fraction of sp³-hybridized carbons (Fsp3) is 0.167. The Morgan fingerprint density at radius 2 is 1.76 bits per heavy atom. The van der Waals surface area contributed by atoms with Crippen molar-refractivity contribution in [2.75, 3.05) is 18.5 Å². The highest BCUT2D eigenvalue weighted by molar-refractivity contribution is 5.95. The van der Waals surface area contributed by atoms with Crippen LogP contribution in [-0.2, 0) is 14.3 Å². The molecule has 2 amide bonds. The Morgan fingerprint density at radius 3 is 2.38 bits per heavy atom. The fourth-order valence-electron chi connectivity index (χ4n) is 2.13. The van der Waals surface area contributed by atoms with Crippen LogP contribution in [0.5, 0.6) is 0 Å². The number of amides is 2. The van der Waals surface area contributed by atoms with Gasteiger partial charge in [-0.15, -0.1) is 0 Å². The second-order valence-corrected chi connectivity index (χ2v) is 5.64. The van der Waals surface area contributed by atoms with Crippen molar-refractivity contribution in [2.24, 2.45) is 0 Å². The molecule has 152 valence electrons. The van der Waals surface area contributed by atoms with E-state index in [2.05, 4.69) is 10.6 Å². The molecule has 0 bridgehead atoms. The second kappa shape index (κ2) is 9.88. The maximum absolute atomic E-state index is 13.5. The Labute approximate surface area is 162 Å². The van der Waals surface area contributed by atoms with Crippen molar-refractivity contribution in [3.05, 3.63) is 69.8 Å². The average molecular weight is 407 g/mol. The van der Waals surface area contributed by atoms with Gasteiger partial charge in [-0.25, -0.2) is 8.78 Å². The van der Waals surface area contributed by atoms with Crippen LogP contribution >= 0.6 is 0 Å². The Kier molecular flexibility index (Phi) is 7.29. The van der Waals surface area contributed by atoms with Crippen LogP contribution in [0.25, 0.3) is 0 Å². The lowest BCUT2D eigenvalue weighted by molar-refractivity contribution is -0.384. The zero-order valence-corrected chi connectivity index (χ0v) is 14.8. The zero-order chi connectivity index (χ0) is 21.4. The van der Waals surface area contributed by atoms with Crippen molar-refractivity contribution in [1.82, 2.24) is 5.32 Å². The first-order valence-electron chi connectivity index (χ1n) is 8.19. The molecule has 0 aromatic heterocycles. The van der Waals surface area contributed by atoms with Gasteiger partial charge in [0.1, 0.15) is 11.6 Å². The predicted octanol–water partition coefficient (Wildman–Crippen LogP) is 2.17. The Morgan fingerprint density at radius 1 is 1.07 bits per heavy atom. The highest BCUT2D eigenvalue weighted by Gasteiger charge is 2.14. The molecule has 0 saturated carbocycles. The number of carbonyl (C=O) groups is 3. The molecule has 0 heterocycles. The van der Waals surface area contributed by atoms with E-state index in [0.717, 1.165) is 12.1 Å². The van der Waals surface area contributed by atoms with Gasteiger partial charge in [0.25, 0.3) is 17.5 Å². The van der Waals surface area contributed by atoms with Crippen LogP contribution in [0.3, 0.4) is 0 Å². The molecule has 2 aromatic carbocycles. The van der Waals surface area contributed by atoms with Crippen molar-refractivity contribution in [2.45, 2.75) is 6.42 Å². The van der Waals surface area contributed by atoms with Gasteiger partial charge in [0.2, 0.25) is 0 Å². The van der Waals surface area contributed by atoms with Crippen molar-refractivity contribution < 1.29 is 32.8 Å². The minimum absolute atomic E-state index is 0.142. The minimum Gasteiger partial charge on any atom is -0.456 e. The molecule has 9 nitrogen and oxygen atoms in total. The molecule has 0 radical (unpaired) electrons. The van der Waals surface area contributed by atoms with E-state index < -0.39 is 40.9 Å². The molecular weight excluding hydrogens is 392 g/mol. The third kappa shape index (κ3) is 6.65. The number of hydrogen-bond donors (Lipinski definition) is 2. The van der Waals surface area contributed by atoms with E-state index in [-0.39, 0.29) is 29.9 Å². The fourth-order valence-corrected chi connectivity index (χ4v) is 2.13. The lowest BCUT2D eigenvalue weighted by Gasteiger charge is -2.08. The quantitative estimate of drug-likeness (QED) is 0.392. The maximum atomic E-state index is 13.5. The van der Waals surface area contributed by atoms with E-state index in [1.54, 1.807) is 0 Å². The van der Waals surface area contributed by atoms with Gasteiger partial charge in [-0.3, -0.25) is 24.5 Å². The number of nitro benzene ring substituents is 1. The molecule has 0 spiro atoms. The Hall–Kier alpha value is -3.89. The van der Waals surface area contributed by atoms with Crippen LogP contribution in [0.15, 0.2) is 42.5 Å². The number of benzene rings is 2. The minimum atomic E-state index is -1.03. The van der Waals surface area contributed by atoms with E-state index in [1.807, 2.05) is 0 Å². The summed E-state index contributed by atoms with van der Waals surface area (Å²) in [7, 11) is 0. The molecule has 0 unspecified atom stereocenters. The summed E-state index contributed by atoms with van der Waals surface area (Å²) in [6.45, 7) is -0.783. The van der Waals surface area contributed by atoms with Crippen LogP contribution < -0.4 is 10.6 Å². The molecule has 2 rings (SSSR count). The molecule has 0 aliphatic heterocycles. The van der Waals surface area contributed by atoms with Gasteiger partial charge < -0.3 is 15.4 Å². The second-order valence-electron chi connectivity index (χ2n) is 5.64. The van der Waals surface area contributed by atoms with Crippen molar-refractivity contribution in [1.29, 1.82) is 0 Å². The number of nitrogens with one attached hydrogen (secondary N) is 2. The molecule has 2 aromatic rings. The van der Waals surface area contributed by atoms with Crippen molar-refractivity contribution >= 4 is 29.2 Å². The highest BCUT2D eigenvalue weighted by Crippen LogP contribution is 2.15. The van der Waals surface area contributed by atoms with E-state index in [1.165, 1.54) is 24.3 Å². The first kappa shape index (κ1) is 21.4. The van der Waals surface area contributed by atoms with Crippen molar-refractivity contribution in [3.63, 3.8) is 0 Å². The summed E-state index contributed by atoms with van der Waals surface area (Å²) in [5, 5.41) is 15.2. The number of rotatable bonds is 8. The van der Waals surface area contributed by atoms with Gasteiger partial charge in [0.05, 0.1) is 16.9 Å². The standard InChI is InChI=1S/C18H15F2N3O6/c19-11-1-6-14(15(20)9-11)18(26)21-8-7-17(25)29-10-16(24)22-12-2-4-13(5-3-12)23(27)28/h1-6,9H,7-8,10H2,(H,21,26)(H,22,24). The topological polar surface area (TPSA) is 128 Å². The summed E-state index contributed by atoms with van der Waals surface area (Å²) in [5.41, 5.74) is -0.232. The molecule has 11 heteroatoms. The predicted molar refractivity (Wildman–Crippen MR) is 96.0 cm³/mol. The molecule has 0 fully saturated rings. The summed E-state index contributed by atoms with van der Waals surface area (Å²) in [5.74, 6) is -4.14. The third-order valence-corrected chi connectivity index (χ3v) is 3.52. The number of nitrogens with zero attached hydrogens (tertiary/aromatic N) is 1. The summed E-state index contributed by atoms with van der Waals surface area (Å²) >= 11 is 0. The average Bonchev–Trinajstić information content (AvgIpc) is 2.66. The van der Waals surface area contributed by atoms with Gasteiger partial charge in [-0.1, -0.05) is 0 Å². The van der Waals surface area contributed by atoms with E-state index >= 15 is 0 Å². The van der Waals surface area contributed by atoms with Crippen LogP contribution in [0.2, 0.25) is 0 Å². The summed E-state index contributed by atoms with van der Waals surface area (Å²) < 4.78 is 31.0. The van der Waals surface area contributed by atoms with Crippen LogP contribution in [0.1, 0.15) is 16.8 Å². The number of ether oxygens (including phenoxy) is 1. The monoisotopic (exact) mass is 407 g/mol. The first-order valence-corrected chi connectivity index (χ1v) is 8.19. The lowest BCUT2D eigenvalue weighted by Crippen LogP contribution is -2.28. The van der Waals surface area contributed by atoms with Gasteiger partial charge in [0, 0.05) is 30.4 Å². The SMILES string of the molecule is O=C(COC(=O)CCNC(=O)c1ccc(F)cc1F)Nc1ccc([N+](=O)[O-])cc1. The molecule has 0 aliphatic carbocycles. The number of carbonyl (C=O) groups excluding carboxylic acids is 3. The Balaban J connectivity index is 1.70. The largest absolute Gasteiger partial charge is 0.456 e.